The van der Waals surface area contributed by atoms with Gasteiger partial charge in [0.25, 0.3) is 0 Å². The number of rotatable bonds is 3. The van der Waals surface area contributed by atoms with E-state index in [4.69, 9.17) is 0 Å². The Hall–Kier alpha value is -0.0900. The molecule has 0 unspecified atom stereocenters. The van der Waals surface area contributed by atoms with Crippen molar-refractivity contribution in [3.63, 3.8) is 0 Å². The van der Waals surface area contributed by atoms with E-state index in [9.17, 15) is 0 Å². The summed E-state index contributed by atoms with van der Waals surface area (Å²) in [6.07, 6.45) is 7.22. The fourth-order valence-corrected chi connectivity index (χ4v) is 1.09. The fourth-order valence-electron chi connectivity index (χ4n) is 0.780. The molecule has 1 rings (SSSR count). The average Bonchev–Trinajstić information content (AvgIpc) is 2.71. The van der Waals surface area contributed by atoms with Crippen LogP contribution in [0.2, 0.25) is 0 Å². The molecule has 0 aromatic heterocycles. The van der Waals surface area contributed by atoms with Crippen molar-refractivity contribution in [1.29, 1.82) is 0 Å². The summed E-state index contributed by atoms with van der Waals surface area (Å²) in [4.78, 5) is 0. The normalized spacial score (nSPS) is 16.1. The van der Waals surface area contributed by atoms with E-state index in [2.05, 4.69) is 18.1 Å². The maximum absolute atomic E-state index is 3.22. The summed E-state index contributed by atoms with van der Waals surface area (Å²) in [5, 5.41) is 0. The topological polar surface area (TPSA) is 0 Å². The van der Waals surface area contributed by atoms with E-state index < -0.39 is 0 Å². The summed E-state index contributed by atoms with van der Waals surface area (Å²) in [5.41, 5.74) is 0. The molecule has 0 atom stereocenters. The highest BCUT2D eigenvalue weighted by atomic mass is 32.2. The lowest BCUT2D eigenvalue weighted by Gasteiger charge is -1.84. The highest BCUT2D eigenvalue weighted by molar-refractivity contribution is 7.98. The molecule has 56 valence electrons. The van der Waals surface area contributed by atoms with Gasteiger partial charge in [-0.2, -0.15) is 11.8 Å². The molecule has 1 fully saturated rings. The van der Waals surface area contributed by atoms with E-state index in [0.29, 0.717) is 0 Å². The molecule has 0 radical (unpaired) electrons. The molecular weight excluding hydrogens is 140 g/mol. The monoisotopic (exact) mass is 154 g/mol. The zero-order valence-corrected chi connectivity index (χ0v) is 7.34. The third-order valence-corrected chi connectivity index (χ3v) is 2.26. The van der Waals surface area contributed by atoms with Gasteiger partial charge >= 0.3 is 0 Å². The smallest absolute Gasteiger partial charge is 0.0179 e. The van der Waals surface area contributed by atoms with Crippen LogP contribution in [0.5, 0.6) is 0 Å². The molecule has 0 heterocycles. The minimum atomic E-state index is 0.974. The summed E-state index contributed by atoms with van der Waals surface area (Å²) >= 11 is 1.87. The van der Waals surface area contributed by atoms with Gasteiger partial charge in [-0.05, 0) is 25.0 Å². The van der Waals surface area contributed by atoms with Gasteiger partial charge in [-0.25, -0.2) is 0 Å². The molecule has 0 nitrogen and oxygen atoms in total. The summed E-state index contributed by atoms with van der Waals surface area (Å²) in [7, 11) is 0. The quantitative estimate of drug-likeness (QED) is 0.444. The van der Waals surface area contributed by atoms with E-state index in [1.807, 2.05) is 11.8 Å². The first-order chi connectivity index (χ1) is 4.93. The molecule has 1 aliphatic carbocycles. The Morgan fingerprint density at radius 1 is 1.40 bits per heavy atom. The van der Waals surface area contributed by atoms with E-state index in [1.54, 1.807) is 0 Å². The average molecular weight is 154 g/mol. The first-order valence-corrected chi connectivity index (χ1v) is 5.27. The van der Waals surface area contributed by atoms with Gasteiger partial charge in [-0.3, -0.25) is 0 Å². The van der Waals surface area contributed by atoms with Crippen LogP contribution in [0.25, 0.3) is 0 Å². The standard InChI is InChI=1S/C9H14S/c1-10-8-4-2-3-5-9-6-7-9/h9H,4-8H2,1H3. The minimum Gasteiger partial charge on any atom is -0.164 e. The molecule has 0 spiro atoms. The van der Waals surface area contributed by atoms with Crippen LogP contribution in [0.3, 0.4) is 0 Å². The van der Waals surface area contributed by atoms with E-state index in [1.165, 1.54) is 18.6 Å². The summed E-state index contributed by atoms with van der Waals surface area (Å²) in [5.74, 6) is 8.57. The van der Waals surface area contributed by atoms with Crippen molar-refractivity contribution in [1.82, 2.24) is 0 Å². The predicted octanol–water partition coefficient (Wildman–Crippen LogP) is 2.54. The van der Waals surface area contributed by atoms with E-state index in [-0.39, 0.29) is 0 Å². The van der Waals surface area contributed by atoms with Crippen LogP contribution in [-0.4, -0.2) is 12.0 Å². The zero-order chi connectivity index (χ0) is 7.23. The van der Waals surface area contributed by atoms with Crippen molar-refractivity contribution >= 4 is 11.8 Å². The van der Waals surface area contributed by atoms with Gasteiger partial charge in [-0.15, -0.1) is 11.8 Å². The molecule has 0 N–H and O–H groups in total. The van der Waals surface area contributed by atoms with E-state index in [0.717, 1.165) is 18.8 Å². The molecular formula is C9H14S. The van der Waals surface area contributed by atoms with Crippen molar-refractivity contribution in [3.05, 3.63) is 0 Å². The summed E-state index contributed by atoms with van der Waals surface area (Å²) in [6.45, 7) is 0. The molecule has 10 heavy (non-hydrogen) atoms. The molecule has 0 aliphatic heterocycles. The number of hydrogen-bond donors (Lipinski definition) is 0. The van der Waals surface area contributed by atoms with Gasteiger partial charge in [0.15, 0.2) is 0 Å². The van der Waals surface area contributed by atoms with Crippen LogP contribution >= 0.6 is 11.8 Å². The Kier molecular flexibility index (Phi) is 3.75. The largest absolute Gasteiger partial charge is 0.164 e. The van der Waals surface area contributed by atoms with E-state index >= 15 is 0 Å². The van der Waals surface area contributed by atoms with Gasteiger partial charge in [-0.1, -0.05) is 0 Å². The second-order valence-corrected chi connectivity index (χ2v) is 3.73. The Labute approximate surface area is 67.8 Å². The van der Waals surface area contributed by atoms with Crippen LogP contribution in [0.1, 0.15) is 25.7 Å². The molecule has 0 saturated heterocycles. The third-order valence-electron chi connectivity index (χ3n) is 1.64. The molecule has 0 aromatic carbocycles. The lowest BCUT2D eigenvalue weighted by molar-refractivity contribution is 0.883. The summed E-state index contributed by atoms with van der Waals surface area (Å²) < 4.78 is 0. The first-order valence-electron chi connectivity index (χ1n) is 3.88. The first kappa shape index (κ1) is 8.01. The maximum atomic E-state index is 3.22. The van der Waals surface area contributed by atoms with Gasteiger partial charge in [0.2, 0.25) is 0 Å². The van der Waals surface area contributed by atoms with Crippen molar-refractivity contribution in [2.45, 2.75) is 25.7 Å². The fraction of sp³-hybridized carbons (Fsp3) is 0.778. The Balaban J connectivity index is 1.90. The SMILES string of the molecule is CSCCC#CCC1CC1. The molecule has 1 saturated carbocycles. The second-order valence-electron chi connectivity index (χ2n) is 2.74. The van der Waals surface area contributed by atoms with Gasteiger partial charge in [0.1, 0.15) is 0 Å². The Morgan fingerprint density at radius 2 is 2.20 bits per heavy atom. The van der Waals surface area contributed by atoms with Crippen LogP contribution in [-0.2, 0) is 0 Å². The molecule has 0 aromatic rings. The van der Waals surface area contributed by atoms with Crippen LogP contribution in [0.15, 0.2) is 0 Å². The van der Waals surface area contributed by atoms with Crippen molar-refractivity contribution in [2.75, 3.05) is 12.0 Å². The molecule has 1 aliphatic rings. The molecule has 0 bridgehead atoms. The third kappa shape index (κ3) is 3.85. The van der Waals surface area contributed by atoms with Crippen LogP contribution in [0, 0.1) is 17.8 Å². The highest BCUT2D eigenvalue weighted by Crippen LogP contribution is 2.31. The maximum Gasteiger partial charge on any atom is 0.0179 e. The minimum absolute atomic E-state index is 0.974. The molecule has 1 heteroatoms. The van der Waals surface area contributed by atoms with Gasteiger partial charge < -0.3 is 0 Å². The second kappa shape index (κ2) is 4.68. The van der Waals surface area contributed by atoms with Crippen molar-refractivity contribution < 1.29 is 0 Å². The number of thioether (sulfide) groups is 1. The number of hydrogen-bond acceptors (Lipinski definition) is 1. The highest BCUT2D eigenvalue weighted by Gasteiger charge is 2.19. The van der Waals surface area contributed by atoms with Crippen molar-refractivity contribution in [3.8, 4) is 11.8 Å². The van der Waals surface area contributed by atoms with Crippen LogP contribution < -0.4 is 0 Å². The van der Waals surface area contributed by atoms with Crippen LogP contribution in [0.4, 0.5) is 0 Å². The van der Waals surface area contributed by atoms with Gasteiger partial charge in [0.05, 0.1) is 0 Å². The Bertz CT molecular complexity index is 137. The molecule has 0 amide bonds. The van der Waals surface area contributed by atoms with Crippen molar-refractivity contribution in [2.24, 2.45) is 5.92 Å². The predicted molar refractivity (Wildman–Crippen MR) is 48.1 cm³/mol. The lowest BCUT2D eigenvalue weighted by atomic mass is 10.3. The zero-order valence-electron chi connectivity index (χ0n) is 6.52. The lowest BCUT2D eigenvalue weighted by Crippen LogP contribution is -1.73. The van der Waals surface area contributed by atoms with Gasteiger partial charge in [0, 0.05) is 18.6 Å². The Morgan fingerprint density at radius 3 is 2.80 bits per heavy atom. The summed E-state index contributed by atoms with van der Waals surface area (Å²) in [6, 6.07) is 0.